The zero-order valence-corrected chi connectivity index (χ0v) is 12.1. The van der Waals surface area contributed by atoms with Crippen molar-refractivity contribution in [2.45, 2.75) is 64.5 Å². The molecule has 0 bridgehead atoms. The lowest BCUT2D eigenvalue weighted by molar-refractivity contribution is -0.149. The Morgan fingerprint density at radius 2 is 2.17 bits per heavy atom. The molecule has 1 fully saturated rings. The monoisotopic (exact) mass is 256 g/mol. The van der Waals surface area contributed by atoms with E-state index in [0.717, 1.165) is 13.1 Å². The van der Waals surface area contributed by atoms with Crippen molar-refractivity contribution in [1.29, 1.82) is 0 Å². The highest BCUT2D eigenvalue weighted by molar-refractivity contribution is 5.79. The highest BCUT2D eigenvalue weighted by Crippen LogP contribution is 2.18. The Kier molecular flexibility index (Phi) is 6.09. The third-order valence-electron chi connectivity index (χ3n) is 3.85. The molecule has 2 atom stereocenters. The van der Waals surface area contributed by atoms with Crippen molar-refractivity contribution in [2.24, 2.45) is 5.73 Å². The zero-order chi connectivity index (χ0) is 13.6. The number of hydrogen-bond acceptors (Lipinski definition) is 4. The fourth-order valence-corrected chi connectivity index (χ4v) is 2.44. The van der Waals surface area contributed by atoms with E-state index in [-0.39, 0.29) is 5.97 Å². The first-order valence-corrected chi connectivity index (χ1v) is 7.17. The van der Waals surface area contributed by atoms with Crippen molar-refractivity contribution >= 4 is 5.97 Å². The van der Waals surface area contributed by atoms with Gasteiger partial charge in [0.25, 0.3) is 0 Å². The summed E-state index contributed by atoms with van der Waals surface area (Å²) in [5, 5.41) is 0. The Bertz CT molecular complexity index is 267. The molecule has 1 aliphatic heterocycles. The van der Waals surface area contributed by atoms with Gasteiger partial charge in [0, 0.05) is 12.6 Å². The average Bonchev–Trinajstić information content (AvgIpc) is 2.52. The predicted molar refractivity (Wildman–Crippen MR) is 73.3 cm³/mol. The standard InChI is InChI=1S/C14H28N2O2/c1-4-18-13(17)14(3,15)9-11-16-10-7-5-6-8-12(16)2/h12H,4-11,15H2,1-3H3. The molecule has 0 amide bonds. The second kappa shape index (κ2) is 7.10. The largest absolute Gasteiger partial charge is 0.465 e. The van der Waals surface area contributed by atoms with E-state index in [4.69, 9.17) is 10.5 Å². The van der Waals surface area contributed by atoms with Gasteiger partial charge in [0.15, 0.2) is 0 Å². The van der Waals surface area contributed by atoms with Crippen LogP contribution in [0.15, 0.2) is 0 Å². The third kappa shape index (κ3) is 4.58. The summed E-state index contributed by atoms with van der Waals surface area (Å²) in [5.74, 6) is -0.285. The van der Waals surface area contributed by atoms with E-state index in [2.05, 4.69) is 11.8 Å². The fraction of sp³-hybridized carbons (Fsp3) is 0.929. The topological polar surface area (TPSA) is 55.6 Å². The Hall–Kier alpha value is -0.610. The molecule has 0 aliphatic carbocycles. The number of carbonyl (C=O) groups is 1. The Labute approximate surface area is 111 Å². The summed E-state index contributed by atoms with van der Waals surface area (Å²) < 4.78 is 5.02. The first-order chi connectivity index (χ1) is 8.47. The zero-order valence-electron chi connectivity index (χ0n) is 12.1. The second-order valence-electron chi connectivity index (χ2n) is 5.62. The van der Waals surface area contributed by atoms with E-state index in [1.54, 1.807) is 6.92 Å². The van der Waals surface area contributed by atoms with Crippen LogP contribution < -0.4 is 5.73 Å². The minimum absolute atomic E-state index is 0.285. The molecule has 0 saturated carbocycles. The van der Waals surface area contributed by atoms with Crippen molar-refractivity contribution < 1.29 is 9.53 Å². The Balaban J connectivity index is 2.44. The van der Waals surface area contributed by atoms with Crippen LogP contribution in [-0.2, 0) is 9.53 Å². The maximum absolute atomic E-state index is 11.7. The van der Waals surface area contributed by atoms with Gasteiger partial charge >= 0.3 is 5.97 Å². The van der Waals surface area contributed by atoms with Gasteiger partial charge in [0.1, 0.15) is 5.54 Å². The van der Waals surface area contributed by atoms with E-state index < -0.39 is 5.54 Å². The van der Waals surface area contributed by atoms with Gasteiger partial charge in [-0.05, 0) is 46.6 Å². The van der Waals surface area contributed by atoms with Crippen LogP contribution in [0.1, 0.15) is 52.9 Å². The summed E-state index contributed by atoms with van der Waals surface area (Å²) in [6, 6.07) is 0.602. The molecule has 0 spiro atoms. The van der Waals surface area contributed by atoms with E-state index in [0.29, 0.717) is 19.1 Å². The second-order valence-corrected chi connectivity index (χ2v) is 5.62. The van der Waals surface area contributed by atoms with Crippen LogP contribution in [0.25, 0.3) is 0 Å². The molecule has 4 heteroatoms. The van der Waals surface area contributed by atoms with E-state index in [9.17, 15) is 4.79 Å². The van der Waals surface area contributed by atoms with Crippen molar-refractivity contribution in [2.75, 3.05) is 19.7 Å². The molecule has 0 aromatic carbocycles. The van der Waals surface area contributed by atoms with Crippen molar-refractivity contribution in [3.63, 3.8) is 0 Å². The summed E-state index contributed by atoms with van der Waals surface area (Å²) in [6.45, 7) is 8.25. The molecule has 4 nitrogen and oxygen atoms in total. The van der Waals surface area contributed by atoms with E-state index in [1.807, 2.05) is 6.92 Å². The number of likely N-dealkylation sites (tertiary alicyclic amines) is 1. The van der Waals surface area contributed by atoms with Crippen LogP contribution in [0, 0.1) is 0 Å². The van der Waals surface area contributed by atoms with E-state index >= 15 is 0 Å². The molecule has 1 heterocycles. The van der Waals surface area contributed by atoms with Crippen LogP contribution >= 0.6 is 0 Å². The number of nitrogens with two attached hydrogens (primary N) is 1. The smallest absolute Gasteiger partial charge is 0.325 e. The van der Waals surface area contributed by atoms with Crippen LogP contribution in [0.4, 0.5) is 0 Å². The fourth-order valence-electron chi connectivity index (χ4n) is 2.44. The maximum Gasteiger partial charge on any atom is 0.325 e. The molecule has 2 N–H and O–H groups in total. The van der Waals surface area contributed by atoms with Gasteiger partial charge in [0.05, 0.1) is 6.61 Å². The third-order valence-corrected chi connectivity index (χ3v) is 3.85. The first-order valence-electron chi connectivity index (χ1n) is 7.17. The lowest BCUT2D eigenvalue weighted by Gasteiger charge is -2.30. The van der Waals surface area contributed by atoms with Crippen molar-refractivity contribution in [3.8, 4) is 0 Å². The first kappa shape index (κ1) is 15.4. The number of hydrogen-bond donors (Lipinski definition) is 1. The quantitative estimate of drug-likeness (QED) is 0.764. The van der Waals surface area contributed by atoms with Crippen LogP contribution in [-0.4, -0.2) is 42.1 Å². The molecule has 1 aliphatic rings. The predicted octanol–water partition coefficient (Wildman–Crippen LogP) is 1.92. The summed E-state index contributed by atoms with van der Waals surface area (Å²) in [5.41, 5.74) is 5.19. The Morgan fingerprint density at radius 3 is 2.83 bits per heavy atom. The van der Waals surface area contributed by atoms with Gasteiger partial charge in [-0.3, -0.25) is 4.79 Å². The molecule has 1 saturated heterocycles. The van der Waals surface area contributed by atoms with Crippen LogP contribution in [0.3, 0.4) is 0 Å². The molecule has 0 aromatic rings. The molecule has 0 radical (unpaired) electrons. The molecular weight excluding hydrogens is 228 g/mol. The number of esters is 1. The molecule has 0 aromatic heterocycles. The normalized spacial score (nSPS) is 25.2. The molecule has 1 rings (SSSR count). The molecule has 18 heavy (non-hydrogen) atoms. The summed E-state index contributed by atoms with van der Waals surface area (Å²) in [4.78, 5) is 14.2. The van der Waals surface area contributed by atoms with E-state index in [1.165, 1.54) is 25.7 Å². The van der Waals surface area contributed by atoms with Crippen molar-refractivity contribution in [3.05, 3.63) is 0 Å². The van der Waals surface area contributed by atoms with Gasteiger partial charge in [-0.2, -0.15) is 0 Å². The lowest BCUT2D eigenvalue weighted by atomic mass is 9.98. The number of nitrogens with zero attached hydrogens (tertiary/aromatic N) is 1. The summed E-state index contributed by atoms with van der Waals surface area (Å²) >= 11 is 0. The van der Waals surface area contributed by atoms with Gasteiger partial charge in [-0.1, -0.05) is 12.8 Å². The highest BCUT2D eigenvalue weighted by Gasteiger charge is 2.31. The minimum Gasteiger partial charge on any atom is -0.465 e. The van der Waals surface area contributed by atoms with Gasteiger partial charge in [-0.25, -0.2) is 0 Å². The molecule has 106 valence electrons. The summed E-state index contributed by atoms with van der Waals surface area (Å²) in [6.07, 6.45) is 5.80. The number of carbonyl (C=O) groups excluding carboxylic acids is 1. The van der Waals surface area contributed by atoms with Crippen molar-refractivity contribution in [1.82, 2.24) is 4.90 Å². The molecular formula is C14H28N2O2. The van der Waals surface area contributed by atoms with Gasteiger partial charge in [0.2, 0.25) is 0 Å². The van der Waals surface area contributed by atoms with Gasteiger partial charge < -0.3 is 15.4 Å². The highest BCUT2D eigenvalue weighted by atomic mass is 16.5. The SMILES string of the molecule is CCOC(=O)C(C)(N)CCN1CCCCCC1C. The van der Waals surface area contributed by atoms with Crippen LogP contribution in [0.5, 0.6) is 0 Å². The average molecular weight is 256 g/mol. The lowest BCUT2D eigenvalue weighted by Crippen LogP contribution is -2.49. The number of rotatable bonds is 5. The minimum atomic E-state index is -0.859. The number of ether oxygens (including phenoxy) is 1. The maximum atomic E-state index is 11.7. The van der Waals surface area contributed by atoms with Gasteiger partial charge in [-0.15, -0.1) is 0 Å². The van der Waals surface area contributed by atoms with Crippen LogP contribution in [0.2, 0.25) is 0 Å². The molecule has 2 unspecified atom stereocenters. The summed E-state index contributed by atoms with van der Waals surface area (Å²) in [7, 11) is 0. The Morgan fingerprint density at radius 1 is 1.44 bits per heavy atom.